The van der Waals surface area contributed by atoms with Crippen molar-refractivity contribution in [2.75, 3.05) is 6.61 Å². The molecule has 1 aromatic heterocycles. The van der Waals surface area contributed by atoms with Gasteiger partial charge in [0.05, 0.1) is 17.5 Å². The van der Waals surface area contributed by atoms with Gasteiger partial charge in [0.1, 0.15) is 5.52 Å². The number of hydrogen-bond acceptors (Lipinski definition) is 3. The first-order valence-corrected chi connectivity index (χ1v) is 6.75. The molecular formula is C12H9Br2NO3. The molecular weight excluding hydrogens is 366 g/mol. The SMILES string of the molecule is O=C(O)CCOc1c(Br)cc(Br)c2cccnc12. The van der Waals surface area contributed by atoms with Gasteiger partial charge in [0.2, 0.25) is 0 Å². The summed E-state index contributed by atoms with van der Waals surface area (Å²) < 4.78 is 7.15. The van der Waals surface area contributed by atoms with E-state index >= 15 is 0 Å². The van der Waals surface area contributed by atoms with E-state index in [1.807, 2.05) is 18.2 Å². The zero-order chi connectivity index (χ0) is 13.1. The Morgan fingerprint density at radius 2 is 2.17 bits per heavy atom. The average Bonchev–Trinajstić information content (AvgIpc) is 2.33. The molecule has 2 aromatic rings. The Morgan fingerprint density at radius 1 is 1.39 bits per heavy atom. The number of nitrogens with zero attached hydrogens (tertiary/aromatic N) is 1. The van der Waals surface area contributed by atoms with Gasteiger partial charge in [-0.15, -0.1) is 0 Å². The van der Waals surface area contributed by atoms with Crippen LogP contribution in [0.1, 0.15) is 6.42 Å². The zero-order valence-electron chi connectivity index (χ0n) is 9.19. The number of carboxylic acids is 1. The molecule has 0 unspecified atom stereocenters. The lowest BCUT2D eigenvalue weighted by molar-refractivity contribution is -0.137. The van der Waals surface area contributed by atoms with Crippen LogP contribution < -0.4 is 4.74 Å². The molecule has 0 bridgehead atoms. The molecule has 0 aliphatic rings. The summed E-state index contributed by atoms with van der Waals surface area (Å²) in [6, 6.07) is 5.62. The third-order valence-electron chi connectivity index (χ3n) is 2.31. The predicted molar refractivity (Wildman–Crippen MR) is 74.9 cm³/mol. The highest BCUT2D eigenvalue weighted by Crippen LogP contribution is 2.37. The van der Waals surface area contributed by atoms with Crippen LogP contribution in [-0.4, -0.2) is 22.7 Å². The molecule has 2 rings (SSSR count). The summed E-state index contributed by atoms with van der Waals surface area (Å²) >= 11 is 6.85. The average molecular weight is 375 g/mol. The Kier molecular flexibility index (Phi) is 4.19. The molecule has 94 valence electrons. The second-order valence-electron chi connectivity index (χ2n) is 3.56. The predicted octanol–water partition coefficient (Wildman–Crippen LogP) is 3.61. The highest BCUT2D eigenvalue weighted by Gasteiger charge is 2.12. The number of benzene rings is 1. The van der Waals surface area contributed by atoms with Gasteiger partial charge in [0.15, 0.2) is 5.75 Å². The van der Waals surface area contributed by atoms with E-state index in [4.69, 9.17) is 9.84 Å². The lowest BCUT2D eigenvalue weighted by Crippen LogP contribution is -2.05. The molecule has 0 saturated heterocycles. The fourth-order valence-electron chi connectivity index (χ4n) is 1.52. The molecule has 0 saturated carbocycles. The fourth-order valence-corrected chi connectivity index (χ4v) is 2.91. The van der Waals surface area contributed by atoms with Gasteiger partial charge in [0.25, 0.3) is 0 Å². The Labute approximate surface area is 120 Å². The van der Waals surface area contributed by atoms with Crippen molar-refractivity contribution in [1.82, 2.24) is 4.98 Å². The highest BCUT2D eigenvalue weighted by molar-refractivity contribution is 9.11. The number of carboxylic acid groups (broad SMARTS) is 1. The first-order valence-electron chi connectivity index (χ1n) is 5.17. The molecule has 1 aromatic carbocycles. The van der Waals surface area contributed by atoms with E-state index in [1.165, 1.54) is 0 Å². The molecule has 0 spiro atoms. The number of ether oxygens (including phenoxy) is 1. The number of hydrogen-bond donors (Lipinski definition) is 1. The number of aliphatic carboxylic acids is 1. The Balaban J connectivity index is 2.39. The molecule has 0 amide bonds. The minimum absolute atomic E-state index is 0.0448. The van der Waals surface area contributed by atoms with Crippen LogP contribution in [-0.2, 0) is 4.79 Å². The molecule has 0 aliphatic carbocycles. The highest BCUT2D eigenvalue weighted by atomic mass is 79.9. The van der Waals surface area contributed by atoms with Crippen LogP contribution in [0, 0.1) is 0 Å². The van der Waals surface area contributed by atoms with Crippen LogP contribution in [0.15, 0.2) is 33.3 Å². The van der Waals surface area contributed by atoms with E-state index in [1.54, 1.807) is 6.20 Å². The number of halogens is 2. The molecule has 0 fully saturated rings. The summed E-state index contributed by atoms with van der Waals surface area (Å²) in [5, 5.41) is 9.53. The summed E-state index contributed by atoms with van der Waals surface area (Å²) in [4.78, 5) is 14.7. The van der Waals surface area contributed by atoms with Crippen LogP contribution in [0.2, 0.25) is 0 Å². The van der Waals surface area contributed by atoms with E-state index in [0.29, 0.717) is 11.3 Å². The minimum Gasteiger partial charge on any atom is -0.489 e. The third kappa shape index (κ3) is 2.81. The van der Waals surface area contributed by atoms with Gasteiger partial charge in [-0.2, -0.15) is 0 Å². The van der Waals surface area contributed by atoms with Crippen molar-refractivity contribution >= 4 is 48.7 Å². The maximum absolute atomic E-state index is 10.5. The number of rotatable bonds is 4. The Morgan fingerprint density at radius 3 is 2.89 bits per heavy atom. The van der Waals surface area contributed by atoms with E-state index < -0.39 is 5.97 Å². The Bertz CT molecular complexity index is 601. The standard InChI is InChI=1S/C12H9Br2NO3/c13-8-6-9(14)12(18-5-3-10(16)17)11-7(8)2-1-4-15-11/h1-2,4,6H,3,5H2,(H,16,17). The lowest BCUT2D eigenvalue weighted by atomic mass is 10.2. The minimum atomic E-state index is -0.888. The second-order valence-corrected chi connectivity index (χ2v) is 5.27. The summed E-state index contributed by atoms with van der Waals surface area (Å²) in [5.74, 6) is -0.324. The van der Waals surface area contributed by atoms with Crippen molar-refractivity contribution in [3.05, 3.63) is 33.3 Å². The summed E-state index contributed by atoms with van der Waals surface area (Å²) in [7, 11) is 0. The molecule has 0 atom stereocenters. The van der Waals surface area contributed by atoms with E-state index in [9.17, 15) is 4.79 Å². The van der Waals surface area contributed by atoms with E-state index in [2.05, 4.69) is 36.8 Å². The molecule has 1 heterocycles. The summed E-state index contributed by atoms with van der Waals surface area (Å²) in [6.07, 6.45) is 1.63. The smallest absolute Gasteiger partial charge is 0.306 e. The van der Waals surface area contributed by atoms with Crippen molar-refractivity contribution in [2.24, 2.45) is 0 Å². The molecule has 4 nitrogen and oxygen atoms in total. The normalized spacial score (nSPS) is 10.6. The van der Waals surface area contributed by atoms with Gasteiger partial charge in [0, 0.05) is 16.1 Å². The van der Waals surface area contributed by atoms with Gasteiger partial charge in [-0.1, -0.05) is 22.0 Å². The van der Waals surface area contributed by atoms with Crippen LogP contribution >= 0.6 is 31.9 Å². The third-order valence-corrected chi connectivity index (χ3v) is 3.56. The maximum Gasteiger partial charge on any atom is 0.306 e. The Hall–Kier alpha value is -1.14. The van der Waals surface area contributed by atoms with Crippen LogP contribution in [0.5, 0.6) is 5.75 Å². The maximum atomic E-state index is 10.5. The van der Waals surface area contributed by atoms with Gasteiger partial charge in [-0.25, -0.2) is 0 Å². The van der Waals surface area contributed by atoms with Crippen LogP contribution in [0.3, 0.4) is 0 Å². The van der Waals surface area contributed by atoms with Crippen molar-refractivity contribution in [2.45, 2.75) is 6.42 Å². The second kappa shape index (κ2) is 5.67. The molecule has 6 heteroatoms. The van der Waals surface area contributed by atoms with Gasteiger partial charge < -0.3 is 9.84 Å². The van der Waals surface area contributed by atoms with Gasteiger partial charge >= 0.3 is 5.97 Å². The van der Waals surface area contributed by atoms with Crippen LogP contribution in [0.4, 0.5) is 0 Å². The molecule has 0 radical (unpaired) electrons. The van der Waals surface area contributed by atoms with Gasteiger partial charge in [-0.05, 0) is 28.1 Å². The number of carbonyl (C=O) groups is 1. The van der Waals surface area contributed by atoms with Crippen molar-refractivity contribution in [3.8, 4) is 5.75 Å². The lowest BCUT2D eigenvalue weighted by Gasteiger charge is -2.11. The fraction of sp³-hybridized carbons (Fsp3) is 0.167. The van der Waals surface area contributed by atoms with E-state index in [0.717, 1.165) is 14.3 Å². The topological polar surface area (TPSA) is 59.4 Å². The molecule has 0 aliphatic heterocycles. The monoisotopic (exact) mass is 373 g/mol. The van der Waals surface area contributed by atoms with Crippen molar-refractivity contribution in [1.29, 1.82) is 0 Å². The number of pyridine rings is 1. The van der Waals surface area contributed by atoms with Crippen LogP contribution in [0.25, 0.3) is 10.9 Å². The quantitative estimate of drug-likeness (QED) is 0.887. The molecule has 1 N–H and O–H groups in total. The first-order chi connectivity index (χ1) is 8.59. The first kappa shape index (κ1) is 13.3. The van der Waals surface area contributed by atoms with E-state index in [-0.39, 0.29) is 13.0 Å². The zero-order valence-corrected chi connectivity index (χ0v) is 12.4. The summed E-state index contributed by atoms with van der Waals surface area (Å²) in [5.41, 5.74) is 0.698. The molecule has 18 heavy (non-hydrogen) atoms. The summed E-state index contributed by atoms with van der Waals surface area (Å²) in [6.45, 7) is 0.112. The number of fused-ring (bicyclic) bond motifs is 1. The number of aromatic nitrogens is 1. The van der Waals surface area contributed by atoms with Crippen molar-refractivity contribution < 1.29 is 14.6 Å². The van der Waals surface area contributed by atoms with Crippen molar-refractivity contribution in [3.63, 3.8) is 0 Å². The van der Waals surface area contributed by atoms with Gasteiger partial charge in [-0.3, -0.25) is 9.78 Å². The largest absolute Gasteiger partial charge is 0.489 e.